The summed E-state index contributed by atoms with van der Waals surface area (Å²) in [5, 5.41) is 11.3. The quantitative estimate of drug-likeness (QED) is 0.662. The summed E-state index contributed by atoms with van der Waals surface area (Å²) in [6.45, 7) is 3.18. The van der Waals surface area contributed by atoms with Gasteiger partial charge in [0.2, 0.25) is 0 Å². The van der Waals surface area contributed by atoms with Crippen LogP contribution >= 0.6 is 0 Å². The molecule has 2 unspecified atom stereocenters. The number of carboxylic acid groups (broad SMARTS) is 1. The predicted octanol–water partition coefficient (Wildman–Crippen LogP) is 2.12. The SMILES string of the molecule is CC(CCCC(C)C(=O)O)NCC(F)F. The van der Waals surface area contributed by atoms with Gasteiger partial charge in [0.05, 0.1) is 12.5 Å². The fraction of sp³-hybridized carbons (Fsp3) is 0.900. The minimum Gasteiger partial charge on any atom is -0.481 e. The number of halogens is 2. The molecule has 0 aromatic rings. The lowest BCUT2D eigenvalue weighted by Crippen LogP contribution is -2.30. The van der Waals surface area contributed by atoms with Crippen LogP contribution < -0.4 is 5.32 Å². The molecule has 0 heterocycles. The first-order chi connectivity index (χ1) is 6.93. The Hall–Kier alpha value is -0.710. The van der Waals surface area contributed by atoms with Gasteiger partial charge in [-0.2, -0.15) is 0 Å². The van der Waals surface area contributed by atoms with Crippen molar-refractivity contribution in [3.05, 3.63) is 0 Å². The Kier molecular flexibility index (Phi) is 7.21. The van der Waals surface area contributed by atoms with Crippen molar-refractivity contribution in [1.29, 1.82) is 0 Å². The maximum Gasteiger partial charge on any atom is 0.306 e. The van der Waals surface area contributed by atoms with Gasteiger partial charge in [-0.15, -0.1) is 0 Å². The number of carboxylic acids is 1. The number of carbonyl (C=O) groups is 1. The Balaban J connectivity index is 3.46. The Morgan fingerprint density at radius 2 is 1.93 bits per heavy atom. The fourth-order valence-corrected chi connectivity index (χ4v) is 1.25. The van der Waals surface area contributed by atoms with Crippen molar-refractivity contribution in [2.45, 2.75) is 45.6 Å². The molecule has 15 heavy (non-hydrogen) atoms. The molecule has 0 aliphatic rings. The third-order valence-corrected chi connectivity index (χ3v) is 2.32. The molecule has 2 atom stereocenters. The van der Waals surface area contributed by atoms with Gasteiger partial charge in [-0.3, -0.25) is 4.79 Å². The number of aliphatic carboxylic acids is 1. The number of alkyl halides is 2. The van der Waals surface area contributed by atoms with E-state index in [0.29, 0.717) is 6.42 Å². The number of hydrogen-bond donors (Lipinski definition) is 2. The first-order valence-corrected chi connectivity index (χ1v) is 5.17. The van der Waals surface area contributed by atoms with E-state index in [1.54, 1.807) is 6.92 Å². The van der Waals surface area contributed by atoms with Gasteiger partial charge in [-0.1, -0.05) is 13.3 Å². The Bertz CT molecular complexity index is 188. The van der Waals surface area contributed by atoms with Crippen molar-refractivity contribution in [3.8, 4) is 0 Å². The number of hydrogen-bond acceptors (Lipinski definition) is 2. The van der Waals surface area contributed by atoms with Gasteiger partial charge in [0.1, 0.15) is 0 Å². The van der Waals surface area contributed by atoms with Gasteiger partial charge in [0.15, 0.2) is 0 Å². The molecule has 0 aliphatic carbocycles. The maximum absolute atomic E-state index is 11.8. The molecule has 0 aromatic carbocycles. The average molecular weight is 223 g/mol. The third kappa shape index (κ3) is 8.30. The molecule has 0 spiro atoms. The monoisotopic (exact) mass is 223 g/mol. The van der Waals surface area contributed by atoms with E-state index < -0.39 is 12.4 Å². The number of rotatable bonds is 8. The third-order valence-electron chi connectivity index (χ3n) is 2.32. The summed E-state index contributed by atoms with van der Waals surface area (Å²) in [6.07, 6.45) is -0.268. The van der Waals surface area contributed by atoms with Crippen molar-refractivity contribution in [1.82, 2.24) is 5.32 Å². The van der Waals surface area contributed by atoms with E-state index in [4.69, 9.17) is 5.11 Å². The molecule has 0 aliphatic heterocycles. The van der Waals surface area contributed by atoms with Crippen LogP contribution in [0.1, 0.15) is 33.1 Å². The van der Waals surface area contributed by atoms with Crippen LogP contribution in [0.25, 0.3) is 0 Å². The van der Waals surface area contributed by atoms with Crippen molar-refractivity contribution in [2.75, 3.05) is 6.54 Å². The second-order valence-electron chi connectivity index (χ2n) is 3.87. The zero-order chi connectivity index (χ0) is 11.8. The van der Waals surface area contributed by atoms with E-state index in [9.17, 15) is 13.6 Å². The first kappa shape index (κ1) is 14.3. The van der Waals surface area contributed by atoms with Gasteiger partial charge in [0.25, 0.3) is 6.43 Å². The molecule has 0 rings (SSSR count). The molecule has 0 aromatic heterocycles. The summed E-state index contributed by atoms with van der Waals surface area (Å²) in [5.74, 6) is -1.16. The summed E-state index contributed by atoms with van der Waals surface area (Å²) in [6, 6.07) is 0.0139. The second-order valence-corrected chi connectivity index (χ2v) is 3.87. The summed E-state index contributed by atoms with van der Waals surface area (Å²) < 4.78 is 23.6. The zero-order valence-electron chi connectivity index (χ0n) is 9.17. The molecular formula is C10H19F2NO2. The van der Waals surface area contributed by atoms with Crippen LogP contribution in [0.3, 0.4) is 0 Å². The van der Waals surface area contributed by atoms with Crippen molar-refractivity contribution in [2.24, 2.45) is 5.92 Å². The molecule has 0 bridgehead atoms. The number of nitrogens with one attached hydrogen (secondary N) is 1. The molecule has 0 radical (unpaired) electrons. The molecular weight excluding hydrogens is 204 g/mol. The largest absolute Gasteiger partial charge is 0.481 e. The Morgan fingerprint density at radius 3 is 2.40 bits per heavy atom. The lowest BCUT2D eigenvalue weighted by molar-refractivity contribution is -0.141. The minimum absolute atomic E-state index is 0.0139. The summed E-state index contributed by atoms with van der Waals surface area (Å²) in [5.41, 5.74) is 0. The van der Waals surface area contributed by atoms with Crippen molar-refractivity contribution < 1.29 is 18.7 Å². The maximum atomic E-state index is 11.8. The van der Waals surface area contributed by atoms with Gasteiger partial charge >= 0.3 is 5.97 Å². The average Bonchev–Trinajstić information content (AvgIpc) is 2.14. The summed E-state index contributed by atoms with van der Waals surface area (Å²) in [4.78, 5) is 10.5. The lowest BCUT2D eigenvalue weighted by Gasteiger charge is -2.13. The predicted molar refractivity (Wildman–Crippen MR) is 54.1 cm³/mol. The van der Waals surface area contributed by atoms with Crippen LogP contribution in [-0.4, -0.2) is 30.1 Å². The van der Waals surface area contributed by atoms with E-state index in [1.165, 1.54) is 0 Å². The molecule has 0 saturated heterocycles. The second kappa shape index (κ2) is 7.56. The topological polar surface area (TPSA) is 49.3 Å². The van der Waals surface area contributed by atoms with Crippen LogP contribution in [0.4, 0.5) is 8.78 Å². The van der Waals surface area contributed by atoms with E-state index >= 15 is 0 Å². The molecule has 0 saturated carbocycles. The Morgan fingerprint density at radius 1 is 1.33 bits per heavy atom. The fourth-order valence-electron chi connectivity index (χ4n) is 1.25. The molecule has 5 heteroatoms. The van der Waals surface area contributed by atoms with Crippen LogP contribution in [0.15, 0.2) is 0 Å². The summed E-state index contributed by atoms with van der Waals surface area (Å²) >= 11 is 0. The molecule has 0 amide bonds. The van der Waals surface area contributed by atoms with Crippen LogP contribution in [-0.2, 0) is 4.79 Å². The summed E-state index contributed by atoms with van der Waals surface area (Å²) in [7, 11) is 0. The van der Waals surface area contributed by atoms with E-state index in [0.717, 1.165) is 12.8 Å². The van der Waals surface area contributed by atoms with Gasteiger partial charge in [0, 0.05) is 6.04 Å². The zero-order valence-corrected chi connectivity index (χ0v) is 9.17. The minimum atomic E-state index is -2.33. The highest BCUT2D eigenvalue weighted by molar-refractivity contribution is 5.69. The van der Waals surface area contributed by atoms with E-state index in [2.05, 4.69) is 5.32 Å². The molecule has 0 fully saturated rings. The smallest absolute Gasteiger partial charge is 0.306 e. The molecule has 90 valence electrons. The highest BCUT2D eigenvalue weighted by atomic mass is 19.3. The molecule has 2 N–H and O–H groups in total. The normalized spacial score (nSPS) is 15.3. The van der Waals surface area contributed by atoms with Gasteiger partial charge in [-0.25, -0.2) is 8.78 Å². The van der Waals surface area contributed by atoms with Crippen LogP contribution in [0.5, 0.6) is 0 Å². The van der Waals surface area contributed by atoms with Crippen molar-refractivity contribution >= 4 is 5.97 Å². The van der Waals surface area contributed by atoms with E-state index in [1.807, 2.05) is 6.92 Å². The standard InChI is InChI=1S/C10H19F2NO2/c1-7(10(14)15)4-3-5-8(2)13-6-9(11)12/h7-9,13H,3-6H2,1-2H3,(H,14,15). The molecule has 3 nitrogen and oxygen atoms in total. The first-order valence-electron chi connectivity index (χ1n) is 5.17. The van der Waals surface area contributed by atoms with Gasteiger partial charge < -0.3 is 10.4 Å². The van der Waals surface area contributed by atoms with Crippen molar-refractivity contribution in [3.63, 3.8) is 0 Å². The van der Waals surface area contributed by atoms with Gasteiger partial charge in [-0.05, 0) is 19.8 Å². The van der Waals surface area contributed by atoms with E-state index in [-0.39, 0.29) is 18.5 Å². The highest BCUT2D eigenvalue weighted by Gasteiger charge is 2.11. The van der Waals surface area contributed by atoms with Crippen LogP contribution in [0.2, 0.25) is 0 Å². The highest BCUT2D eigenvalue weighted by Crippen LogP contribution is 2.09. The van der Waals surface area contributed by atoms with Crippen LogP contribution in [0, 0.1) is 5.92 Å². The Labute approximate surface area is 88.9 Å². The lowest BCUT2D eigenvalue weighted by atomic mass is 10.0.